The number of carboxylic acid groups (broad SMARTS) is 1. The fourth-order valence-electron chi connectivity index (χ4n) is 2.86. The van der Waals surface area contributed by atoms with Crippen LogP contribution in [0.25, 0.3) is 10.9 Å². The lowest BCUT2D eigenvalue weighted by molar-refractivity contribution is -0.139. The van der Waals surface area contributed by atoms with Gasteiger partial charge in [0.05, 0.1) is 23.7 Å². The van der Waals surface area contributed by atoms with Crippen LogP contribution in [0.15, 0.2) is 35.4 Å². The van der Waals surface area contributed by atoms with E-state index in [0.29, 0.717) is 23.7 Å². The van der Waals surface area contributed by atoms with E-state index in [1.54, 1.807) is 18.2 Å². The maximum atomic E-state index is 12.4. The third-order valence-corrected chi connectivity index (χ3v) is 4.56. The van der Waals surface area contributed by atoms with Crippen LogP contribution in [0.4, 0.5) is 0 Å². The van der Waals surface area contributed by atoms with Gasteiger partial charge in [-0.2, -0.15) is 0 Å². The number of aromatic nitrogens is 2. The average molecular weight is 345 g/mol. The van der Waals surface area contributed by atoms with E-state index in [0.717, 1.165) is 0 Å². The van der Waals surface area contributed by atoms with Gasteiger partial charge in [-0.25, -0.2) is 4.98 Å². The summed E-state index contributed by atoms with van der Waals surface area (Å²) in [5.74, 6) is -1.22. The van der Waals surface area contributed by atoms with Gasteiger partial charge >= 0.3 is 5.97 Å². The molecular weight excluding hydrogens is 322 g/mol. The van der Waals surface area contributed by atoms with Gasteiger partial charge in [0.25, 0.3) is 5.56 Å². The van der Waals surface area contributed by atoms with E-state index in [4.69, 9.17) is 5.11 Å². The van der Waals surface area contributed by atoms with Crippen molar-refractivity contribution in [1.82, 2.24) is 14.9 Å². The molecule has 1 aromatic heterocycles. The maximum absolute atomic E-state index is 12.4. The van der Waals surface area contributed by atoms with E-state index < -0.39 is 11.5 Å². The Bertz CT molecular complexity index is 824. The number of fused-ring (bicyclic) bond motifs is 1. The highest BCUT2D eigenvalue weighted by Gasteiger charge is 2.30. The lowest BCUT2D eigenvalue weighted by Gasteiger charge is -2.31. The smallest absolute Gasteiger partial charge is 0.305 e. The SMILES string of the molecule is CCC(CC)(CC(=O)O)NC(=O)CCn1cnc2ccccc2c1=O. The van der Waals surface area contributed by atoms with Crippen LogP contribution in [0.3, 0.4) is 0 Å². The molecule has 0 aliphatic rings. The largest absolute Gasteiger partial charge is 0.481 e. The van der Waals surface area contributed by atoms with Crippen molar-refractivity contribution in [2.45, 2.75) is 51.6 Å². The molecule has 1 amide bonds. The third-order valence-electron chi connectivity index (χ3n) is 4.56. The summed E-state index contributed by atoms with van der Waals surface area (Å²) in [6.07, 6.45) is 2.45. The number of amides is 1. The predicted molar refractivity (Wildman–Crippen MR) is 94.3 cm³/mol. The molecule has 2 aromatic rings. The Balaban J connectivity index is 2.08. The highest BCUT2D eigenvalue weighted by molar-refractivity contribution is 5.79. The quantitative estimate of drug-likeness (QED) is 0.761. The van der Waals surface area contributed by atoms with Crippen molar-refractivity contribution >= 4 is 22.8 Å². The van der Waals surface area contributed by atoms with Crippen LogP contribution in [0.2, 0.25) is 0 Å². The van der Waals surface area contributed by atoms with Gasteiger partial charge in [0, 0.05) is 18.5 Å². The van der Waals surface area contributed by atoms with Gasteiger partial charge in [-0.1, -0.05) is 26.0 Å². The van der Waals surface area contributed by atoms with Crippen LogP contribution >= 0.6 is 0 Å². The van der Waals surface area contributed by atoms with Gasteiger partial charge in [-0.15, -0.1) is 0 Å². The molecule has 0 atom stereocenters. The number of aliphatic carboxylic acids is 1. The molecule has 2 rings (SSSR count). The van der Waals surface area contributed by atoms with Gasteiger partial charge < -0.3 is 10.4 Å². The molecule has 2 N–H and O–H groups in total. The number of nitrogens with one attached hydrogen (secondary N) is 1. The van der Waals surface area contributed by atoms with Gasteiger partial charge in [0.1, 0.15) is 0 Å². The van der Waals surface area contributed by atoms with Crippen molar-refractivity contribution in [2.75, 3.05) is 0 Å². The lowest BCUT2D eigenvalue weighted by atomic mass is 9.89. The number of nitrogens with zero attached hydrogens (tertiary/aromatic N) is 2. The second-order valence-electron chi connectivity index (χ2n) is 6.12. The van der Waals surface area contributed by atoms with Crippen molar-refractivity contribution in [1.29, 1.82) is 0 Å². The average Bonchev–Trinajstić information content (AvgIpc) is 2.60. The topological polar surface area (TPSA) is 101 Å². The first-order valence-electron chi connectivity index (χ1n) is 8.38. The zero-order chi connectivity index (χ0) is 18.4. The van der Waals surface area contributed by atoms with Crippen LogP contribution in [-0.2, 0) is 16.1 Å². The minimum absolute atomic E-state index is 0.0846. The number of aryl methyl sites for hydroxylation is 1. The van der Waals surface area contributed by atoms with Crippen LogP contribution in [-0.4, -0.2) is 32.1 Å². The molecule has 0 aliphatic carbocycles. The number of carbonyl (C=O) groups excluding carboxylic acids is 1. The van der Waals surface area contributed by atoms with E-state index in [1.165, 1.54) is 10.9 Å². The highest BCUT2D eigenvalue weighted by Crippen LogP contribution is 2.20. The van der Waals surface area contributed by atoms with Crippen LogP contribution < -0.4 is 10.9 Å². The Morgan fingerprint density at radius 3 is 2.56 bits per heavy atom. The Morgan fingerprint density at radius 2 is 1.92 bits per heavy atom. The Kier molecular flexibility index (Phi) is 5.90. The minimum atomic E-state index is -0.945. The number of para-hydroxylation sites is 1. The first-order chi connectivity index (χ1) is 11.9. The van der Waals surface area contributed by atoms with Crippen LogP contribution in [0.5, 0.6) is 0 Å². The van der Waals surface area contributed by atoms with Gasteiger partial charge in [0.15, 0.2) is 0 Å². The highest BCUT2D eigenvalue weighted by atomic mass is 16.4. The third kappa shape index (κ3) is 4.43. The van der Waals surface area contributed by atoms with Gasteiger partial charge in [0.2, 0.25) is 5.91 Å². The minimum Gasteiger partial charge on any atom is -0.481 e. The standard InChI is InChI=1S/C18H23N3O4/c1-3-18(4-2,11-16(23)24)20-15(22)9-10-21-12-19-14-8-6-5-7-13(14)17(21)25/h5-8,12H,3-4,9-11H2,1-2H3,(H,20,22)(H,23,24). The molecule has 0 saturated heterocycles. The van der Waals surface area contributed by atoms with Crippen molar-refractivity contribution < 1.29 is 14.7 Å². The lowest BCUT2D eigenvalue weighted by Crippen LogP contribution is -2.49. The Labute approximate surface area is 145 Å². The van der Waals surface area contributed by atoms with E-state index >= 15 is 0 Å². The summed E-state index contributed by atoms with van der Waals surface area (Å²) in [6, 6.07) is 7.04. The number of carbonyl (C=O) groups is 2. The second-order valence-corrected chi connectivity index (χ2v) is 6.12. The number of rotatable bonds is 8. The molecule has 25 heavy (non-hydrogen) atoms. The molecule has 1 heterocycles. The summed E-state index contributed by atoms with van der Waals surface area (Å²) in [5.41, 5.74) is -0.331. The summed E-state index contributed by atoms with van der Waals surface area (Å²) >= 11 is 0. The number of hydrogen-bond donors (Lipinski definition) is 2. The monoisotopic (exact) mass is 345 g/mol. The second kappa shape index (κ2) is 7.92. The van der Waals surface area contributed by atoms with Crippen LogP contribution in [0, 0.1) is 0 Å². The van der Waals surface area contributed by atoms with Crippen LogP contribution in [0.1, 0.15) is 39.5 Å². The molecule has 7 heteroatoms. The first-order valence-corrected chi connectivity index (χ1v) is 8.38. The van der Waals surface area contributed by atoms with Crippen molar-refractivity contribution in [3.8, 4) is 0 Å². The number of hydrogen-bond acceptors (Lipinski definition) is 4. The van der Waals surface area contributed by atoms with Crippen molar-refractivity contribution in [3.05, 3.63) is 40.9 Å². The van der Waals surface area contributed by atoms with Gasteiger partial charge in [-0.3, -0.25) is 19.0 Å². The fourth-order valence-corrected chi connectivity index (χ4v) is 2.86. The predicted octanol–water partition coefficient (Wildman–Crippen LogP) is 1.94. The molecule has 134 valence electrons. The molecule has 0 saturated carbocycles. The number of carboxylic acids is 1. The molecule has 0 bridgehead atoms. The Morgan fingerprint density at radius 1 is 1.24 bits per heavy atom. The molecule has 7 nitrogen and oxygen atoms in total. The first kappa shape index (κ1) is 18.6. The maximum Gasteiger partial charge on any atom is 0.305 e. The Hall–Kier alpha value is -2.70. The van der Waals surface area contributed by atoms with Crippen molar-refractivity contribution in [3.63, 3.8) is 0 Å². The fraction of sp³-hybridized carbons (Fsp3) is 0.444. The van der Waals surface area contributed by atoms with E-state index in [2.05, 4.69) is 10.3 Å². The molecule has 0 radical (unpaired) electrons. The summed E-state index contributed by atoms with van der Waals surface area (Å²) < 4.78 is 1.40. The molecule has 0 fully saturated rings. The number of benzene rings is 1. The normalized spacial score (nSPS) is 11.4. The zero-order valence-electron chi connectivity index (χ0n) is 14.5. The molecule has 0 unspecified atom stereocenters. The summed E-state index contributed by atoms with van der Waals surface area (Å²) in [5, 5.41) is 12.4. The molecule has 1 aromatic carbocycles. The zero-order valence-corrected chi connectivity index (χ0v) is 14.5. The molecule has 0 aliphatic heterocycles. The molecular formula is C18H23N3O4. The summed E-state index contributed by atoms with van der Waals surface area (Å²) in [4.78, 5) is 39.9. The van der Waals surface area contributed by atoms with E-state index in [-0.39, 0.29) is 30.9 Å². The molecule has 0 spiro atoms. The van der Waals surface area contributed by atoms with Crippen molar-refractivity contribution in [2.24, 2.45) is 0 Å². The summed E-state index contributed by atoms with van der Waals surface area (Å²) in [7, 11) is 0. The summed E-state index contributed by atoms with van der Waals surface area (Å²) in [6.45, 7) is 3.90. The van der Waals surface area contributed by atoms with E-state index in [9.17, 15) is 14.4 Å². The van der Waals surface area contributed by atoms with Gasteiger partial charge in [-0.05, 0) is 25.0 Å². The van der Waals surface area contributed by atoms with E-state index in [1.807, 2.05) is 19.9 Å².